The average Bonchev–Trinajstić information content (AvgIpc) is 2.05. The van der Waals surface area contributed by atoms with Crippen molar-refractivity contribution in [1.29, 1.82) is 0 Å². The Morgan fingerprint density at radius 2 is 1.80 bits per heavy atom. The van der Waals surface area contributed by atoms with Gasteiger partial charge in [0, 0.05) is 16.7 Å². The summed E-state index contributed by atoms with van der Waals surface area (Å²) in [6.07, 6.45) is 0. The van der Waals surface area contributed by atoms with Crippen LogP contribution in [-0.2, 0) is 6.54 Å². The van der Waals surface area contributed by atoms with Crippen LogP contribution in [0.5, 0.6) is 0 Å². The third kappa shape index (κ3) is 5.49. The summed E-state index contributed by atoms with van der Waals surface area (Å²) >= 11 is 2.30. The molecule has 0 saturated carbocycles. The lowest BCUT2D eigenvalue weighted by molar-refractivity contribution is 0.0425. The molecule has 0 aliphatic heterocycles. The first-order chi connectivity index (χ1) is 6.87. The van der Waals surface area contributed by atoms with Gasteiger partial charge >= 0.3 is 0 Å². The molecule has 0 aliphatic carbocycles. The van der Waals surface area contributed by atoms with E-state index in [1.54, 1.807) is 0 Å². The highest BCUT2D eigenvalue weighted by Crippen LogP contribution is 2.10. The molecule has 0 spiro atoms. The van der Waals surface area contributed by atoms with Crippen molar-refractivity contribution in [3.8, 4) is 0 Å². The monoisotopic (exact) mass is 319 g/mol. The minimum Gasteiger partial charge on any atom is -0.389 e. The Hall–Kier alpha value is -0.130. The molecular formula is C12H18INO. The van der Waals surface area contributed by atoms with Crippen LogP contribution in [0.1, 0.15) is 19.4 Å². The van der Waals surface area contributed by atoms with Gasteiger partial charge in [-0.15, -0.1) is 0 Å². The molecule has 1 aromatic rings. The average molecular weight is 319 g/mol. The fourth-order valence-electron chi connectivity index (χ4n) is 1.62. The largest absolute Gasteiger partial charge is 0.389 e. The Morgan fingerprint density at radius 3 is 2.27 bits per heavy atom. The zero-order chi connectivity index (χ0) is 11.5. The van der Waals surface area contributed by atoms with Crippen LogP contribution in [0.15, 0.2) is 24.3 Å². The number of likely N-dealkylation sites (N-methyl/N-ethyl adjacent to an activating group) is 1. The van der Waals surface area contributed by atoms with E-state index in [4.69, 9.17) is 0 Å². The van der Waals surface area contributed by atoms with E-state index in [-0.39, 0.29) is 0 Å². The van der Waals surface area contributed by atoms with Crippen LogP contribution in [0.4, 0.5) is 0 Å². The molecule has 0 fully saturated rings. The topological polar surface area (TPSA) is 23.5 Å². The van der Waals surface area contributed by atoms with E-state index in [1.807, 2.05) is 20.9 Å². The van der Waals surface area contributed by atoms with Crippen molar-refractivity contribution in [3.63, 3.8) is 0 Å². The van der Waals surface area contributed by atoms with E-state index in [0.717, 1.165) is 6.54 Å². The van der Waals surface area contributed by atoms with Gasteiger partial charge in [-0.25, -0.2) is 0 Å². The molecule has 0 bridgehead atoms. The Kier molecular flexibility index (Phi) is 4.55. The zero-order valence-electron chi connectivity index (χ0n) is 9.50. The van der Waals surface area contributed by atoms with Crippen LogP contribution in [0.2, 0.25) is 0 Å². The molecule has 2 nitrogen and oxygen atoms in total. The maximum atomic E-state index is 9.67. The van der Waals surface area contributed by atoms with Crippen LogP contribution < -0.4 is 0 Å². The van der Waals surface area contributed by atoms with Crippen molar-refractivity contribution in [1.82, 2.24) is 4.90 Å². The number of rotatable bonds is 4. The van der Waals surface area contributed by atoms with Crippen molar-refractivity contribution < 1.29 is 5.11 Å². The molecule has 0 amide bonds. The first kappa shape index (κ1) is 12.9. The summed E-state index contributed by atoms with van der Waals surface area (Å²) in [4.78, 5) is 2.13. The molecule has 0 aliphatic rings. The van der Waals surface area contributed by atoms with Gasteiger partial charge in [-0.1, -0.05) is 12.1 Å². The zero-order valence-corrected chi connectivity index (χ0v) is 11.7. The molecule has 15 heavy (non-hydrogen) atoms. The lowest BCUT2D eigenvalue weighted by Crippen LogP contribution is -2.35. The second-order valence-electron chi connectivity index (χ2n) is 4.61. The second kappa shape index (κ2) is 5.27. The molecule has 0 atom stereocenters. The first-order valence-corrected chi connectivity index (χ1v) is 6.10. The Morgan fingerprint density at radius 1 is 1.27 bits per heavy atom. The summed E-state index contributed by atoms with van der Waals surface area (Å²) in [6.45, 7) is 5.22. The van der Waals surface area contributed by atoms with Crippen LogP contribution in [0, 0.1) is 3.57 Å². The van der Waals surface area contributed by atoms with Gasteiger partial charge in [0.1, 0.15) is 0 Å². The molecule has 0 saturated heterocycles. The number of hydrogen-bond donors (Lipinski definition) is 1. The molecular weight excluding hydrogens is 301 g/mol. The van der Waals surface area contributed by atoms with Crippen molar-refractivity contribution in [2.24, 2.45) is 0 Å². The predicted molar refractivity (Wildman–Crippen MR) is 71.8 cm³/mol. The molecule has 3 heteroatoms. The molecule has 1 N–H and O–H groups in total. The lowest BCUT2D eigenvalue weighted by atomic mass is 10.1. The van der Waals surface area contributed by atoms with Crippen molar-refractivity contribution >= 4 is 22.6 Å². The first-order valence-electron chi connectivity index (χ1n) is 5.02. The van der Waals surface area contributed by atoms with Gasteiger partial charge in [0.25, 0.3) is 0 Å². The van der Waals surface area contributed by atoms with E-state index in [2.05, 4.69) is 51.8 Å². The maximum absolute atomic E-state index is 9.67. The summed E-state index contributed by atoms with van der Waals surface area (Å²) in [6, 6.07) is 8.47. The highest BCUT2D eigenvalue weighted by molar-refractivity contribution is 14.1. The van der Waals surface area contributed by atoms with Gasteiger partial charge in [-0.2, -0.15) is 0 Å². The van der Waals surface area contributed by atoms with Gasteiger partial charge in [-0.05, 0) is 61.2 Å². The second-order valence-corrected chi connectivity index (χ2v) is 5.86. The van der Waals surface area contributed by atoms with E-state index in [0.29, 0.717) is 6.54 Å². The fraction of sp³-hybridized carbons (Fsp3) is 0.500. The number of nitrogens with zero attached hydrogens (tertiary/aromatic N) is 1. The smallest absolute Gasteiger partial charge is 0.0718 e. The number of halogens is 1. The molecule has 0 unspecified atom stereocenters. The highest BCUT2D eigenvalue weighted by Gasteiger charge is 2.15. The third-order valence-corrected chi connectivity index (χ3v) is 2.74. The van der Waals surface area contributed by atoms with Crippen LogP contribution in [0.3, 0.4) is 0 Å². The molecule has 1 rings (SSSR count). The lowest BCUT2D eigenvalue weighted by Gasteiger charge is -2.25. The van der Waals surface area contributed by atoms with Gasteiger partial charge in [0.05, 0.1) is 5.60 Å². The molecule has 0 radical (unpaired) electrons. The van der Waals surface area contributed by atoms with Crippen molar-refractivity contribution in [2.45, 2.75) is 26.0 Å². The van der Waals surface area contributed by atoms with E-state index < -0.39 is 5.60 Å². The number of hydrogen-bond acceptors (Lipinski definition) is 2. The summed E-state index contributed by atoms with van der Waals surface area (Å²) in [7, 11) is 2.02. The van der Waals surface area contributed by atoms with Gasteiger partial charge in [0.2, 0.25) is 0 Å². The minimum absolute atomic E-state index is 0.627. The highest BCUT2D eigenvalue weighted by atomic mass is 127. The van der Waals surface area contributed by atoms with Gasteiger partial charge < -0.3 is 5.11 Å². The summed E-state index contributed by atoms with van der Waals surface area (Å²) in [5, 5.41) is 9.67. The van der Waals surface area contributed by atoms with E-state index in [9.17, 15) is 5.11 Å². The van der Waals surface area contributed by atoms with Crippen LogP contribution >= 0.6 is 22.6 Å². The maximum Gasteiger partial charge on any atom is 0.0718 e. The predicted octanol–water partition coefficient (Wildman–Crippen LogP) is 2.49. The van der Waals surface area contributed by atoms with Crippen molar-refractivity contribution in [3.05, 3.63) is 33.4 Å². The standard InChI is InChI=1S/C12H18INO/c1-12(2,15)9-14(3)8-10-4-6-11(13)7-5-10/h4-7,15H,8-9H2,1-3H3. The molecule has 0 aromatic heterocycles. The van der Waals surface area contributed by atoms with Crippen LogP contribution in [-0.4, -0.2) is 29.2 Å². The van der Waals surface area contributed by atoms with E-state index >= 15 is 0 Å². The van der Waals surface area contributed by atoms with Crippen LogP contribution in [0.25, 0.3) is 0 Å². The summed E-state index contributed by atoms with van der Waals surface area (Å²) in [5.74, 6) is 0. The molecule has 1 aromatic carbocycles. The summed E-state index contributed by atoms with van der Waals surface area (Å²) < 4.78 is 1.25. The fourth-order valence-corrected chi connectivity index (χ4v) is 1.98. The van der Waals surface area contributed by atoms with Gasteiger partial charge in [-0.3, -0.25) is 4.90 Å². The normalized spacial score (nSPS) is 12.1. The number of aliphatic hydroxyl groups is 1. The Balaban J connectivity index is 2.51. The SMILES string of the molecule is CN(Cc1ccc(I)cc1)CC(C)(C)O. The Labute approximate surface area is 105 Å². The molecule has 0 heterocycles. The Bertz CT molecular complexity index is 302. The minimum atomic E-state index is -0.627. The quantitative estimate of drug-likeness (QED) is 0.862. The van der Waals surface area contributed by atoms with Crippen molar-refractivity contribution in [2.75, 3.05) is 13.6 Å². The summed E-state index contributed by atoms with van der Waals surface area (Å²) in [5.41, 5.74) is 0.653. The third-order valence-electron chi connectivity index (χ3n) is 2.02. The molecule has 84 valence electrons. The van der Waals surface area contributed by atoms with E-state index in [1.165, 1.54) is 9.13 Å². The van der Waals surface area contributed by atoms with Gasteiger partial charge in [0.15, 0.2) is 0 Å². The number of benzene rings is 1.